The van der Waals surface area contributed by atoms with E-state index in [1.54, 1.807) is 13.8 Å². The van der Waals surface area contributed by atoms with Crippen LogP contribution in [0.25, 0.3) is 0 Å². The van der Waals surface area contributed by atoms with Crippen molar-refractivity contribution in [3.05, 3.63) is 0 Å². The van der Waals surface area contributed by atoms with Gasteiger partial charge >= 0.3 is 5.97 Å². The molecule has 0 heterocycles. The van der Waals surface area contributed by atoms with Crippen LogP contribution in [-0.4, -0.2) is 34.6 Å². The van der Waals surface area contributed by atoms with Crippen LogP contribution in [0.3, 0.4) is 0 Å². The average Bonchev–Trinajstić information content (AvgIpc) is 2.11. The van der Waals surface area contributed by atoms with Crippen molar-refractivity contribution in [1.29, 1.82) is 0 Å². The summed E-state index contributed by atoms with van der Waals surface area (Å²) in [4.78, 5) is 13.1. The van der Waals surface area contributed by atoms with Crippen molar-refractivity contribution in [2.45, 2.75) is 53.0 Å². The molecule has 0 unspecified atom stereocenters. The Bertz CT molecular complexity index is 200. The first-order chi connectivity index (χ1) is 6.82. The molecule has 90 valence electrons. The third kappa shape index (κ3) is 4.65. The highest BCUT2D eigenvalue weighted by atomic mass is 16.4. The molecule has 1 N–H and O–H groups in total. The van der Waals surface area contributed by atoms with Gasteiger partial charge in [-0.05, 0) is 45.7 Å². The fraction of sp³-hybridized carbons (Fsp3) is 0.917. The molecule has 0 fully saturated rings. The van der Waals surface area contributed by atoms with Crippen molar-refractivity contribution in [2.75, 3.05) is 13.1 Å². The van der Waals surface area contributed by atoms with Crippen LogP contribution in [0.15, 0.2) is 0 Å². The molecule has 3 heteroatoms. The highest BCUT2D eigenvalue weighted by Gasteiger charge is 2.32. The highest BCUT2D eigenvalue weighted by Crippen LogP contribution is 2.16. The van der Waals surface area contributed by atoms with Gasteiger partial charge in [0.1, 0.15) is 5.54 Å². The Morgan fingerprint density at radius 2 is 1.93 bits per heavy atom. The van der Waals surface area contributed by atoms with E-state index in [-0.39, 0.29) is 0 Å². The Morgan fingerprint density at radius 3 is 2.27 bits per heavy atom. The van der Waals surface area contributed by atoms with Crippen molar-refractivity contribution < 1.29 is 9.90 Å². The molecule has 0 bridgehead atoms. The van der Waals surface area contributed by atoms with Gasteiger partial charge in [0.05, 0.1) is 0 Å². The van der Waals surface area contributed by atoms with Crippen LogP contribution in [0.5, 0.6) is 0 Å². The number of hydrogen-bond acceptors (Lipinski definition) is 2. The Labute approximate surface area is 93.5 Å². The van der Waals surface area contributed by atoms with Crippen LogP contribution < -0.4 is 0 Å². The molecule has 0 aromatic heterocycles. The van der Waals surface area contributed by atoms with Gasteiger partial charge in [0.25, 0.3) is 0 Å². The van der Waals surface area contributed by atoms with Gasteiger partial charge in [-0.25, -0.2) is 0 Å². The molecule has 0 saturated heterocycles. The van der Waals surface area contributed by atoms with E-state index in [9.17, 15) is 4.79 Å². The van der Waals surface area contributed by atoms with Gasteiger partial charge in [-0.3, -0.25) is 9.69 Å². The second-order valence-electron chi connectivity index (χ2n) is 4.98. The van der Waals surface area contributed by atoms with Crippen molar-refractivity contribution in [2.24, 2.45) is 5.92 Å². The van der Waals surface area contributed by atoms with Crippen LogP contribution in [0.4, 0.5) is 0 Å². The minimum Gasteiger partial charge on any atom is -0.480 e. The summed E-state index contributed by atoms with van der Waals surface area (Å²) in [7, 11) is 0. The molecule has 0 aromatic rings. The Hall–Kier alpha value is -0.570. The minimum atomic E-state index is -0.744. The maximum absolute atomic E-state index is 11.1. The van der Waals surface area contributed by atoms with Gasteiger partial charge in [-0.2, -0.15) is 0 Å². The number of likely N-dealkylation sites (N-methyl/N-ethyl adjacent to an activating group) is 1. The van der Waals surface area contributed by atoms with Crippen LogP contribution in [0, 0.1) is 5.92 Å². The summed E-state index contributed by atoms with van der Waals surface area (Å²) in [5.74, 6) is -0.0504. The standard InChI is InChI=1S/C12H25NO2/c1-6-13(9-7-8-10(2)3)12(4,5)11(14)15/h10H,6-9H2,1-5H3,(H,14,15). The number of hydrogen-bond donors (Lipinski definition) is 1. The summed E-state index contributed by atoms with van der Waals surface area (Å²) in [5, 5.41) is 9.11. The molecule has 15 heavy (non-hydrogen) atoms. The van der Waals surface area contributed by atoms with Crippen molar-refractivity contribution >= 4 is 5.97 Å². The summed E-state index contributed by atoms with van der Waals surface area (Å²) in [6, 6.07) is 0. The predicted octanol–water partition coefficient (Wildman–Crippen LogP) is 2.61. The SMILES string of the molecule is CCN(CCCC(C)C)C(C)(C)C(=O)O. The average molecular weight is 215 g/mol. The topological polar surface area (TPSA) is 40.5 Å². The molecule has 0 radical (unpaired) electrons. The largest absolute Gasteiger partial charge is 0.480 e. The molecule has 0 aliphatic carbocycles. The normalized spacial score (nSPS) is 12.5. The van der Waals surface area contributed by atoms with Gasteiger partial charge in [0.15, 0.2) is 0 Å². The smallest absolute Gasteiger partial charge is 0.323 e. The highest BCUT2D eigenvalue weighted by molar-refractivity contribution is 5.77. The molecule has 0 aromatic carbocycles. The van der Waals surface area contributed by atoms with E-state index in [0.717, 1.165) is 25.9 Å². The fourth-order valence-electron chi connectivity index (χ4n) is 1.66. The zero-order valence-corrected chi connectivity index (χ0v) is 10.7. The van der Waals surface area contributed by atoms with E-state index in [1.807, 2.05) is 11.8 Å². The molecule has 0 saturated carbocycles. The van der Waals surface area contributed by atoms with E-state index in [0.29, 0.717) is 5.92 Å². The summed E-state index contributed by atoms with van der Waals surface area (Å²) in [5.41, 5.74) is -0.744. The lowest BCUT2D eigenvalue weighted by molar-refractivity contribution is -0.149. The van der Waals surface area contributed by atoms with Crippen molar-refractivity contribution in [1.82, 2.24) is 4.90 Å². The first-order valence-corrected chi connectivity index (χ1v) is 5.80. The molecule has 0 spiro atoms. The second-order valence-corrected chi connectivity index (χ2v) is 4.98. The van der Waals surface area contributed by atoms with Gasteiger partial charge in [-0.1, -0.05) is 20.8 Å². The Balaban J connectivity index is 4.18. The molecule has 0 rings (SSSR count). The van der Waals surface area contributed by atoms with Crippen molar-refractivity contribution in [3.63, 3.8) is 0 Å². The summed E-state index contributed by atoms with van der Waals surface area (Å²) < 4.78 is 0. The van der Waals surface area contributed by atoms with Crippen molar-refractivity contribution in [3.8, 4) is 0 Å². The summed E-state index contributed by atoms with van der Waals surface area (Å²) in [6.07, 6.45) is 2.23. The second kappa shape index (κ2) is 6.11. The zero-order chi connectivity index (χ0) is 12.1. The third-order valence-corrected chi connectivity index (χ3v) is 2.91. The van der Waals surface area contributed by atoms with Gasteiger partial charge in [-0.15, -0.1) is 0 Å². The van der Waals surface area contributed by atoms with Gasteiger partial charge < -0.3 is 5.11 Å². The number of carboxylic acids is 1. The number of carboxylic acid groups (broad SMARTS) is 1. The molecular weight excluding hydrogens is 190 g/mol. The summed E-state index contributed by atoms with van der Waals surface area (Å²) >= 11 is 0. The summed E-state index contributed by atoms with van der Waals surface area (Å²) in [6.45, 7) is 11.6. The fourth-order valence-corrected chi connectivity index (χ4v) is 1.66. The Morgan fingerprint density at radius 1 is 1.40 bits per heavy atom. The predicted molar refractivity (Wildman–Crippen MR) is 63.0 cm³/mol. The number of aliphatic carboxylic acids is 1. The molecule has 0 aliphatic heterocycles. The number of rotatable bonds is 7. The quantitative estimate of drug-likeness (QED) is 0.709. The molecule has 0 atom stereocenters. The maximum Gasteiger partial charge on any atom is 0.323 e. The van der Waals surface area contributed by atoms with Crippen LogP contribution in [0.1, 0.15) is 47.5 Å². The van der Waals surface area contributed by atoms with Crippen LogP contribution in [-0.2, 0) is 4.79 Å². The monoisotopic (exact) mass is 215 g/mol. The molecule has 0 aliphatic rings. The number of nitrogens with zero attached hydrogens (tertiary/aromatic N) is 1. The van der Waals surface area contributed by atoms with E-state index < -0.39 is 11.5 Å². The van der Waals surface area contributed by atoms with Gasteiger partial charge in [0, 0.05) is 0 Å². The molecule has 3 nitrogen and oxygen atoms in total. The maximum atomic E-state index is 11.1. The van der Waals surface area contributed by atoms with E-state index in [4.69, 9.17) is 5.11 Å². The molecule has 0 amide bonds. The van der Waals surface area contributed by atoms with Gasteiger partial charge in [0.2, 0.25) is 0 Å². The first kappa shape index (κ1) is 14.4. The van der Waals surface area contributed by atoms with E-state index in [1.165, 1.54) is 0 Å². The minimum absolute atomic E-state index is 0.691. The van der Waals surface area contributed by atoms with E-state index in [2.05, 4.69) is 13.8 Å². The lowest BCUT2D eigenvalue weighted by Crippen LogP contribution is -2.50. The zero-order valence-electron chi connectivity index (χ0n) is 10.7. The first-order valence-electron chi connectivity index (χ1n) is 5.80. The molecular formula is C12H25NO2. The number of carbonyl (C=O) groups is 1. The Kier molecular flexibility index (Phi) is 5.88. The lowest BCUT2D eigenvalue weighted by atomic mass is 10.0. The van der Waals surface area contributed by atoms with Crippen LogP contribution >= 0.6 is 0 Å². The lowest BCUT2D eigenvalue weighted by Gasteiger charge is -2.34. The van der Waals surface area contributed by atoms with Crippen LogP contribution in [0.2, 0.25) is 0 Å². The third-order valence-electron chi connectivity index (χ3n) is 2.91. The van der Waals surface area contributed by atoms with E-state index >= 15 is 0 Å².